The second kappa shape index (κ2) is 9.80. The molecule has 3 rings (SSSR count). The van der Waals surface area contributed by atoms with Gasteiger partial charge < -0.3 is 20.1 Å². The lowest BCUT2D eigenvalue weighted by Crippen LogP contribution is -2.49. The Morgan fingerprint density at radius 3 is 2.60 bits per heavy atom. The van der Waals surface area contributed by atoms with Crippen LogP contribution >= 0.6 is 0 Å². The molecule has 1 aliphatic rings. The van der Waals surface area contributed by atoms with Crippen molar-refractivity contribution in [1.82, 2.24) is 15.5 Å². The van der Waals surface area contributed by atoms with Gasteiger partial charge in [0.2, 0.25) is 0 Å². The minimum atomic E-state index is -0.223. The molecule has 2 atom stereocenters. The van der Waals surface area contributed by atoms with E-state index in [1.807, 2.05) is 32.0 Å². The first kappa shape index (κ1) is 21.9. The average Bonchev–Trinajstić information content (AvgIpc) is 2.74. The summed E-state index contributed by atoms with van der Waals surface area (Å²) in [5.74, 6) is 1.10. The average molecular weight is 416 g/mol. The summed E-state index contributed by atoms with van der Waals surface area (Å²) in [6.45, 7) is 5.58. The molecule has 0 saturated heterocycles. The van der Waals surface area contributed by atoms with Crippen molar-refractivity contribution < 1.29 is 18.7 Å². The van der Waals surface area contributed by atoms with Gasteiger partial charge in [0.1, 0.15) is 5.82 Å². The zero-order valence-corrected chi connectivity index (χ0v) is 18.0. The van der Waals surface area contributed by atoms with E-state index in [0.29, 0.717) is 30.2 Å². The molecule has 1 heterocycles. The minimum absolute atomic E-state index is 0.143. The first-order valence-corrected chi connectivity index (χ1v) is 10.2. The lowest BCUT2D eigenvalue weighted by molar-refractivity contribution is 0.141. The Balaban J connectivity index is 1.99. The fourth-order valence-electron chi connectivity index (χ4n) is 4.13. The Labute approximate surface area is 177 Å². The SMILES string of the molecule is CCNC(=O)N[C@H](C)[C@@H]1c2cc(OC)c(OC)cc2CCN1Cc1ccccc1F. The highest BCUT2D eigenvalue weighted by Gasteiger charge is 2.34. The van der Waals surface area contributed by atoms with Crippen LogP contribution in [0.1, 0.15) is 36.6 Å². The maximum Gasteiger partial charge on any atom is 0.315 e. The van der Waals surface area contributed by atoms with Crippen LogP contribution in [0.3, 0.4) is 0 Å². The minimum Gasteiger partial charge on any atom is -0.493 e. The number of amides is 2. The van der Waals surface area contributed by atoms with Gasteiger partial charge in [0.15, 0.2) is 11.5 Å². The summed E-state index contributed by atoms with van der Waals surface area (Å²) in [4.78, 5) is 14.4. The lowest BCUT2D eigenvalue weighted by Gasteiger charge is -2.41. The zero-order valence-electron chi connectivity index (χ0n) is 18.0. The number of urea groups is 1. The molecule has 2 N–H and O–H groups in total. The number of benzene rings is 2. The fraction of sp³-hybridized carbons (Fsp3) is 0.435. The highest BCUT2D eigenvalue weighted by atomic mass is 19.1. The zero-order chi connectivity index (χ0) is 21.7. The number of ether oxygens (including phenoxy) is 2. The summed E-state index contributed by atoms with van der Waals surface area (Å²) < 4.78 is 25.3. The predicted molar refractivity (Wildman–Crippen MR) is 114 cm³/mol. The molecule has 0 saturated carbocycles. The van der Waals surface area contributed by atoms with Gasteiger partial charge in [0.25, 0.3) is 0 Å². The first-order valence-electron chi connectivity index (χ1n) is 10.2. The third kappa shape index (κ3) is 4.67. The van der Waals surface area contributed by atoms with Gasteiger partial charge in [0.05, 0.1) is 20.3 Å². The van der Waals surface area contributed by atoms with Crippen LogP contribution < -0.4 is 20.1 Å². The van der Waals surface area contributed by atoms with Gasteiger partial charge in [-0.25, -0.2) is 9.18 Å². The number of carbonyl (C=O) groups excluding carboxylic acids is 1. The third-order valence-electron chi connectivity index (χ3n) is 5.53. The summed E-state index contributed by atoms with van der Waals surface area (Å²) in [6.07, 6.45) is 0.800. The number of halogens is 1. The lowest BCUT2D eigenvalue weighted by atomic mass is 9.87. The molecule has 162 valence electrons. The van der Waals surface area contributed by atoms with Crippen molar-refractivity contribution in [2.24, 2.45) is 0 Å². The van der Waals surface area contributed by atoms with Crippen LogP contribution in [0.25, 0.3) is 0 Å². The van der Waals surface area contributed by atoms with E-state index in [9.17, 15) is 9.18 Å². The van der Waals surface area contributed by atoms with Gasteiger partial charge >= 0.3 is 6.03 Å². The number of hydrogen-bond acceptors (Lipinski definition) is 4. The van der Waals surface area contributed by atoms with E-state index in [4.69, 9.17) is 9.47 Å². The van der Waals surface area contributed by atoms with E-state index in [1.165, 1.54) is 6.07 Å². The maximum atomic E-state index is 14.4. The topological polar surface area (TPSA) is 62.8 Å². The van der Waals surface area contributed by atoms with Crippen molar-refractivity contribution in [2.75, 3.05) is 27.3 Å². The van der Waals surface area contributed by atoms with Crippen LogP contribution in [0.15, 0.2) is 36.4 Å². The monoisotopic (exact) mass is 415 g/mol. The number of carbonyl (C=O) groups is 1. The van der Waals surface area contributed by atoms with Gasteiger partial charge in [0, 0.05) is 31.2 Å². The first-order chi connectivity index (χ1) is 14.5. The normalized spacial score (nSPS) is 17.0. The number of hydrogen-bond donors (Lipinski definition) is 2. The second-order valence-electron chi connectivity index (χ2n) is 7.46. The molecule has 0 aromatic heterocycles. The fourth-order valence-corrected chi connectivity index (χ4v) is 4.13. The Morgan fingerprint density at radius 2 is 1.93 bits per heavy atom. The summed E-state index contributed by atoms with van der Waals surface area (Å²) in [5.41, 5.74) is 2.84. The van der Waals surface area contributed by atoms with Crippen molar-refractivity contribution in [1.29, 1.82) is 0 Å². The molecule has 6 nitrogen and oxygen atoms in total. The van der Waals surface area contributed by atoms with Crippen LogP contribution in [-0.4, -0.2) is 44.3 Å². The Hall–Kier alpha value is -2.80. The molecule has 0 bridgehead atoms. The van der Waals surface area contributed by atoms with Crippen LogP contribution in [0.5, 0.6) is 11.5 Å². The molecule has 30 heavy (non-hydrogen) atoms. The van der Waals surface area contributed by atoms with Crippen LogP contribution in [-0.2, 0) is 13.0 Å². The molecule has 0 aliphatic carbocycles. The summed E-state index contributed by atoms with van der Waals surface area (Å²) in [6, 6.07) is 10.2. The molecule has 1 aliphatic heterocycles. The third-order valence-corrected chi connectivity index (χ3v) is 5.53. The van der Waals surface area contributed by atoms with E-state index in [1.54, 1.807) is 26.4 Å². The summed E-state index contributed by atoms with van der Waals surface area (Å²) in [5, 5.41) is 5.81. The number of methoxy groups -OCH3 is 2. The standard InChI is InChI=1S/C23H30FN3O3/c1-5-25-23(28)26-15(2)22-18-13-21(30-4)20(29-3)12-16(18)10-11-27(22)14-17-8-6-7-9-19(17)24/h6-9,12-13,15,22H,5,10-11,14H2,1-4H3,(H2,25,26,28)/t15-,22-/m1/s1. The Bertz CT molecular complexity index is 890. The largest absolute Gasteiger partial charge is 0.493 e. The van der Waals surface area contributed by atoms with Crippen molar-refractivity contribution in [3.63, 3.8) is 0 Å². The van der Waals surface area contributed by atoms with E-state index in [2.05, 4.69) is 15.5 Å². The number of nitrogens with one attached hydrogen (secondary N) is 2. The Kier molecular flexibility index (Phi) is 7.15. The molecule has 0 spiro atoms. The molecule has 2 aromatic carbocycles. The van der Waals surface area contributed by atoms with Crippen LogP contribution in [0, 0.1) is 5.82 Å². The van der Waals surface area contributed by atoms with Crippen molar-refractivity contribution >= 4 is 6.03 Å². The van der Waals surface area contributed by atoms with E-state index >= 15 is 0 Å². The molecular weight excluding hydrogens is 385 g/mol. The van der Waals surface area contributed by atoms with E-state index in [-0.39, 0.29) is 23.9 Å². The maximum absolute atomic E-state index is 14.4. The molecule has 0 unspecified atom stereocenters. The van der Waals surface area contributed by atoms with Gasteiger partial charge in [-0.15, -0.1) is 0 Å². The molecule has 0 radical (unpaired) electrons. The highest BCUT2D eigenvalue weighted by Crippen LogP contribution is 2.40. The number of rotatable bonds is 7. The van der Waals surface area contributed by atoms with Gasteiger partial charge in [-0.1, -0.05) is 18.2 Å². The van der Waals surface area contributed by atoms with E-state index < -0.39 is 0 Å². The molecular formula is C23H30FN3O3. The highest BCUT2D eigenvalue weighted by molar-refractivity contribution is 5.74. The Morgan fingerprint density at radius 1 is 1.23 bits per heavy atom. The quantitative estimate of drug-likeness (QED) is 0.725. The molecule has 2 aromatic rings. The van der Waals surface area contributed by atoms with Crippen LogP contribution in [0.2, 0.25) is 0 Å². The van der Waals surface area contributed by atoms with Crippen molar-refractivity contribution in [2.45, 2.75) is 38.9 Å². The van der Waals surface area contributed by atoms with E-state index in [0.717, 1.165) is 24.1 Å². The smallest absolute Gasteiger partial charge is 0.315 e. The van der Waals surface area contributed by atoms with Crippen LogP contribution in [0.4, 0.5) is 9.18 Å². The predicted octanol–water partition coefficient (Wildman–Crippen LogP) is 3.65. The van der Waals surface area contributed by atoms with Crippen molar-refractivity contribution in [3.8, 4) is 11.5 Å². The van der Waals surface area contributed by atoms with Gasteiger partial charge in [-0.3, -0.25) is 4.90 Å². The summed E-state index contributed by atoms with van der Waals surface area (Å²) in [7, 11) is 3.23. The van der Waals surface area contributed by atoms with Gasteiger partial charge in [-0.2, -0.15) is 0 Å². The van der Waals surface area contributed by atoms with Crippen molar-refractivity contribution in [3.05, 3.63) is 58.9 Å². The molecule has 0 fully saturated rings. The van der Waals surface area contributed by atoms with Gasteiger partial charge in [-0.05, 0) is 49.6 Å². The number of fused-ring (bicyclic) bond motifs is 1. The second-order valence-corrected chi connectivity index (χ2v) is 7.46. The molecule has 7 heteroatoms. The number of nitrogens with zero attached hydrogens (tertiary/aromatic N) is 1. The summed E-state index contributed by atoms with van der Waals surface area (Å²) >= 11 is 0. The molecule has 2 amide bonds.